The molecule has 1 unspecified atom stereocenters. The smallest absolute Gasteiger partial charge is 0.329 e. The summed E-state index contributed by atoms with van der Waals surface area (Å²) < 4.78 is 5.78. The van der Waals surface area contributed by atoms with Crippen molar-refractivity contribution in [3.8, 4) is 5.75 Å². The van der Waals surface area contributed by atoms with Crippen LogP contribution in [0.2, 0.25) is 0 Å². The largest absolute Gasteiger partial charge is 0.489 e. The third kappa shape index (κ3) is 3.43. The molecule has 1 N–H and O–H groups in total. The highest BCUT2D eigenvalue weighted by Gasteiger charge is 2.48. The van der Waals surface area contributed by atoms with Crippen molar-refractivity contribution >= 4 is 11.9 Å². The van der Waals surface area contributed by atoms with Gasteiger partial charge in [-0.2, -0.15) is 0 Å². The normalized spacial score (nSPS) is 19.3. The van der Waals surface area contributed by atoms with Crippen molar-refractivity contribution < 1.29 is 19.4 Å². The molecule has 1 aliphatic heterocycles. The molecule has 1 amide bonds. The lowest BCUT2D eigenvalue weighted by Gasteiger charge is -2.34. The fourth-order valence-corrected chi connectivity index (χ4v) is 3.53. The van der Waals surface area contributed by atoms with Crippen LogP contribution in [0.25, 0.3) is 0 Å². The van der Waals surface area contributed by atoms with Crippen molar-refractivity contribution in [2.75, 3.05) is 6.54 Å². The van der Waals surface area contributed by atoms with Crippen molar-refractivity contribution in [3.63, 3.8) is 0 Å². The Hall–Kier alpha value is -2.82. The fraction of sp³-hybridized carbons (Fsp3) is 0.333. The molecule has 0 aliphatic carbocycles. The van der Waals surface area contributed by atoms with Gasteiger partial charge >= 0.3 is 5.97 Å². The Morgan fingerprint density at radius 3 is 2.62 bits per heavy atom. The summed E-state index contributed by atoms with van der Waals surface area (Å²) in [5.74, 6) is -0.587. The molecular formula is C21H23NO4. The Morgan fingerprint density at radius 1 is 1.15 bits per heavy atom. The van der Waals surface area contributed by atoms with Crippen molar-refractivity contribution in [1.82, 2.24) is 4.90 Å². The van der Waals surface area contributed by atoms with Crippen LogP contribution in [0.1, 0.15) is 42.1 Å². The molecule has 2 aromatic carbocycles. The molecule has 3 rings (SSSR count). The maximum absolute atomic E-state index is 13.0. The topological polar surface area (TPSA) is 66.8 Å². The highest BCUT2D eigenvalue weighted by Crippen LogP contribution is 2.34. The molecule has 136 valence electrons. The van der Waals surface area contributed by atoms with Gasteiger partial charge < -0.3 is 14.7 Å². The van der Waals surface area contributed by atoms with Crippen molar-refractivity contribution in [3.05, 3.63) is 65.7 Å². The summed E-state index contributed by atoms with van der Waals surface area (Å²) in [4.78, 5) is 26.3. The number of carbonyl (C=O) groups is 2. The molecule has 1 saturated heterocycles. The number of hydrogen-bond acceptors (Lipinski definition) is 3. The average Bonchev–Trinajstić information content (AvgIpc) is 3.12. The van der Waals surface area contributed by atoms with E-state index in [4.69, 9.17) is 4.74 Å². The van der Waals surface area contributed by atoms with E-state index in [1.807, 2.05) is 37.3 Å². The van der Waals surface area contributed by atoms with Crippen molar-refractivity contribution in [2.45, 2.75) is 38.3 Å². The second kappa shape index (κ2) is 7.60. The number of ether oxygens (including phenoxy) is 1. The average molecular weight is 353 g/mol. The number of carboxylic acids is 1. The molecule has 1 atom stereocenters. The summed E-state index contributed by atoms with van der Waals surface area (Å²) in [6.45, 7) is 2.70. The zero-order chi connectivity index (χ0) is 18.6. The number of aliphatic carboxylic acids is 1. The van der Waals surface area contributed by atoms with Crippen LogP contribution in [-0.2, 0) is 11.4 Å². The highest BCUT2D eigenvalue weighted by molar-refractivity contribution is 5.98. The van der Waals surface area contributed by atoms with E-state index in [-0.39, 0.29) is 5.91 Å². The monoisotopic (exact) mass is 353 g/mol. The molecule has 0 spiro atoms. The minimum absolute atomic E-state index is 0.253. The van der Waals surface area contributed by atoms with E-state index in [2.05, 4.69) is 0 Å². The van der Waals surface area contributed by atoms with Gasteiger partial charge in [0.25, 0.3) is 5.91 Å². The molecule has 0 bridgehead atoms. The van der Waals surface area contributed by atoms with E-state index in [0.717, 1.165) is 5.56 Å². The van der Waals surface area contributed by atoms with Gasteiger partial charge in [0.05, 0.1) is 0 Å². The van der Waals surface area contributed by atoms with Gasteiger partial charge in [-0.1, -0.05) is 43.3 Å². The fourth-order valence-electron chi connectivity index (χ4n) is 3.53. The lowest BCUT2D eigenvalue weighted by atomic mass is 9.92. The number of likely N-dealkylation sites (tertiary alicyclic amines) is 1. The molecule has 0 radical (unpaired) electrons. The van der Waals surface area contributed by atoms with Crippen LogP contribution in [0.3, 0.4) is 0 Å². The first-order valence-corrected chi connectivity index (χ1v) is 8.89. The van der Waals surface area contributed by atoms with Gasteiger partial charge in [0.15, 0.2) is 0 Å². The second-order valence-electron chi connectivity index (χ2n) is 6.55. The zero-order valence-electron chi connectivity index (χ0n) is 14.9. The zero-order valence-corrected chi connectivity index (χ0v) is 14.9. The van der Waals surface area contributed by atoms with Crippen LogP contribution in [-0.4, -0.2) is 34.0 Å². The van der Waals surface area contributed by atoms with Gasteiger partial charge in [-0.3, -0.25) is 4.79 Å². The Kier molecular flexibility index (Phi) is 5.26. The van der Waals surface area contributed by atoms with Gasteiger partial charge in [0.1, 0.15) is 17.9 Å². The molecule has 2 aromatic rings. The first-order chi connectivity index (χ1) is 12.6. The first-order valence-electron chi connectivity index (χ1n) is 8.89. The van der Waals surface area contributed by atoms with E-state index in [1.165, 1.54) is 4.90 Å². The summed E-state index contributed by atoms with van der Waals surface area (Å²) in [5, 5.41) is 9.68. The molecule has 0 aromatic heterocycles. The Morgan fingerprint density at radius 2 is 1.92 bits per heavy atom. The van der Waals surface area contributed by atoms with Gasteiger partial charge in [-0.25, -0.2) is 4.79 Å². The molecule has 0 saturated carbocycles. The maximum atomic E-state index is 13.0. The van der Waals surface area contributed by atoms with Gasteiger partial charge in [-0.15, -0.1) is 0 Å². The van der Waals surface area contributed by atoms with Crippen molar-refractivity contribution in [1.29, 1.82) is 0 Å². The van der Waals surface area contributed by atoms with Crippen LogP contribution in [0.5, 0.6) is 5.75 Å². The number of rotatable bonds is 6. The summed E-state index contributed by atoms with van der Waals surface area (Å²) in [6.07, 6.45) is 1.60. The van der Waals surface area contributed by atoms with E-state index in [9.17, 15) is 14.7 Å². The minimum atomic E-state index is -1.10. The van der Waals surface area contributed by atoms with Gasteiger partial charge in [0.2, 0.25) is 0 Å². The number of carbonyl (C=O) groups excluding carboxylic acids is 1. The lowest BCUT2D eigenvalue weighted by Crippen LogP contribution is -2.52. The van der Waals surface area contributed by atoms with Crippen molar-refractivity contribution in [2.24, 2.45) is 0 Å². The number of amides is 1. The quantitative estimate of drug-likeness (QED) is 0.859. The van der Waals surface area contributed by atoms with Gasteiger partial charge in [-0.05, 0) is 43.0 Å². The van der Waals surface area contributed by atoms with Crippen LogP contribution in [0.15, 0.2) is 54.6 Å². The van der Waals surface area contributed by atoms with Crippen LogP contribution >= 0.6 is 0 Å². The Labute approximate surface area is 153 Å². The number of hydrogen-bond donors (Lipinski definition) is 1. The molecule has 1 heterocycles. The standard InChI is InChI=1S/C21H23NO4/c1-2-21(20(24)25)12-7-13-22(21)19(23)17-10-6-11-18(14-17)26-15-16-8-4-3-5-9-16/h3-6,8-11,14H,2,7,12-13,15H2,1H3,(H,24,25). The Bertz CT molecular complexity index is 790. The highest BCUT2D eigenvalue weighted by atomic mass is 16.5. The van der Waals surface area contributed by atoms with E-state index in [1.54, 1.807) is 24.3 Å². The summed E-state index contributed by atoms with van der Waals surface area (Å²) in [7, 11) is 0. The maximum Gasteiger partial charge on any atom is 0.329 e. The molecule has 5 heteroatoms. The predicted octanol–water partition coefficient (Wildman–Crippen LogP) is 3.74. The first kappa shape index (κ1) is 18.0. The summed E-state index contributed by atoms with van der Waals surface area (Å²) in [5.41, 5.74) is 0.397. The summed E-state index contributed by atoms with van der Waals surface area (Å²) in [6, 6.07) is 16.7. The predicted molar refractivity (Wildman–Crippen MR) is 98.1 cm³/mol. The molecule has 5 nitrogen and oxygen atoms in total. The van der Waals surface area contributed by atoms with E-state index in [0.29, 0.717) is 43.7 Å². The van der Waals surface area contributed by atoms with E-state index >= 15 is 0 Å². The lowest BCUT2D eigenvalue weighted by molar-refractivity contribution is -0.148. The number of benzene rings is 2. The minimum Gasteiger partial charge on any atom is -0.489 e. The van der Waals surface area contributed by atoms with E-state index < -0.39 is 11.5 Å². The van der Waals surface area contributed by atoms with Gasteiger partial charge in [0, 0.05) is 12.1 Å². The molecule has 1 aliphatic rings. The number of carboxylic acid groups (broad SMARTS) is 1. The molecule has 26 heavy (non-hydrogen) atoms. The Balaban J connectivity index is 1.77. The SMILES string of the molecule is CCC1(C(=O)O)CCCN1C(=O)c1cccc(OCc2ccccc2)c1. The molecule has 1 fully saturated rings. The third-order valence-electron chi connectivity index (χ3n) is 5.05. The number of nitrogens with zero attached hydrogens (tertiary/aromatic N) is 1. The molecular weight excluding hydrogens is 330 g/mol. The summed E-state index contributed by atoms with van der Waals surface area (Å²) >= 11 is 0. The van der Waals surface area contributed by atoms with Crippen LogP contribution in [0.4, 0.5) is 0 Å². The third-order valence-corrected chi connectivity index (χ3v) is 5.05. The van der Waals surface area contributed by atoms with Crippen LogP contribution in [0, 0.1) is 0 Å². The second-order valence-corrected chi connectivity index (χ2v) is 6.55. The van der Waals surface area contributed by atoms with Crippen LogP contribution < -0.4 is 4.74 Å².